The van der Waals surface area contributed by atoms with E-state index in [0.29, 0.717) is 0 Å². The highest BCUT2D eigenvalue weighted by Gasteiger charge is 2.27. The number of allylic oxidation sites excluding steroid dienone is 2. The van der Waals surface area contributed by atoms with Crippen molar-refractivity contribution in [3.05, 3.63) is 98.9 Å². The van der Waals surface area contributed by atoms with Crippen LogP contribution in [0.5, 0.6) is 0 Å². The Bertz CT molecular complexity index is 1290. The second kappa shape index (κ2) is 14.4. The summed E-state index contributed by atoms with van der Waals surface area (Å²) in [5, 5.41) is 5.12. The fourth-order valence-corrected chi connectivity index (χ4v) is 5.73. The van der Waals surface area contributed by atoms with E-state index in [-0.39, 0.29) is 6.04 Å². The van der Waals surface area contributed by atoms with Crippen molar-refractivity contribution >= 4 is 41.2 Å². The minimum Gasteiger partial charge on any atom is -0.369 e. The van der Waals surface area contributed by atoms with Gasteiger partial charge in [0.05, 0.1) is 18.3 Å². The van der Waals surface area contributed by atoms with E-state index in [9.17, 15) is 0 Å². The first-order valence-corrected chi connectivity index (χ1v) is 15.4. The molecule has 0 spiro atoms. The maximum absolute atomic E-state index is 6.22. The number of piperazine rings is 1. The summed E-state index contributed by atoms with van der Waals surface area (Å²) in [5.41, 5.74) is 4.56. The number of hydrogen-bond donors (Lipinski definition) is 1. The van der Waals surface area contributed by atoms with E-state index in [1.165, 1.54) is 11.1 Å². The lowest BCUT2D eigenvalue weighted by Gasteiger charge is -2.39. The Kier molecular flexibility index (Phi) is 10.5. The zero-order valence-corrected chi connectivity index (χ0v) is 25.6. The average Bonchev–Trinajstić information content (AvgIpc) is 3.24. The Hall–Kier alpha value is -2.74. The molecule has 1 fully saturated rings. The molecule has 3 aromatic rings. The van der Waals surface area contributed by atoms with Gasteiger partial charge in [-0.15, -0.1) is 0 Å². The topological polar surface area (TPSA) is 47.5 Å². The molecule has 0 atom stereocenters. The van der Waals surface area contributed by atoms with Gasteiger partial charge in [-0.25, -0.2) is 9.97 Å². The number of hydrogen-bond acceptors (Lipinski definition) is 6. The molecule has 2 aromatic carbocycles. The van der Waals surface area contributed by atoms with Crippen LogP contribution in [0.15, 0.2) is 60.7 Å². The first-order valence-electron chi connectivity index (χ1n) is 14.6. The first kappa shape index (κ1) is 29.7. The molecule has 1 N–H and O–H groups in total. The van der Waals surface area contributed by atoms with Crippen LogP contribution in [0.1, 0.15) is 54.0 Å². The summed E-state index contributed by atoms with van der Waals surface area (Å²) >= 11 is 12.4. The maximum atomic E-state index is 6.22. The lowest BCUT2D eigenvalue weighted by atomic mass is 9.96. The summed E-state index contributed by atoms with van der Waals surface area (Å²) in [7, 11) is 2.16. The summed E-state index contributed by atoms with van der Waals surface area (Å²) < 4.78 is 0. The van der Waals surface area contributed by atoms with Crippen LogP contribution >= 0.6 is 23.2 Å². The molecule has 6 nitrogen and oxygen atoms in total. The smallest absolute Gasteiger partial charge is 0.145 e. The van der Waals surface area contributed by atoms with Gasteiger partial charge in [-0.05, 0) is 74.4 Å². The first-order chi connectivity index (χ1) is 20.0. The van der Waals surface area contributed by atoms with Gasteiger partial charge in [0.1, 0.15) is 11.6 Å². The normalized spacial score (nSPS) is 15.9. The highest BCUT2D eigenvalue weighted by molar-refractivity contribution is 6.30. The Morgan fingerprint density at radius 1 is 0.878 bits per heavy atom. The predicted molar refractivity (Wildman–Crippen MR) is 173 cm³/mol. The van der Waals surface area contributed by atoms with Crippen molar-refractivity contribution < 1.29 is 0 Å². The van der Waals surface area contributed by atoms with E-state index in [1.807, 2.05) is 24.3 Å². The molecule has 1 aliphatic carbocycles. The molecule has 0 unspecified atom stereocenters. The summed E-state index contributed by atoms with van der Waals surface area (Å²) in [4.78, 5) is 17.4. The van der Waals surface area contributed by atoms with Gasteiger partial charge in [0.2, 0.25) is 0 Å². The third kappa shape index (κ3) is 7.97. The average molecular weight is 592 g/mol. The summed E-state index contributed by atoms with van der Waals surface area (Å²) in [6.45, 7) is 9.72. The molecule has 8 heteroatoms. The number of rotatable bonds is 11. The number of aromatic nitrogens is 2. The van der Waals surface area contributed by atoms with Gasteiger partial charge in [-0.2, -0.15) is 0 Å². The van der Waals surface area contributed by atoms with Gasteiger partial charge in [0.15, 0.2) is 0 Å². The monoisotopic (exact) mass is 590 g/mol. The van der Waals surface area contributed by atoms with Crippen LogP contribution in [0, 0.1) is 0 Å². The molecule has 1 aromatic heterocycles. The lowest BCUT2D eigenvalue weighted by molar-refractivity contribution is 0.103. The fourth-order valence-electron chi connectivity index (χ4n) is 5.47. The van der Waals surface area contributed by atoms with Crippen LogP contribution < -0.4 is 5.32 Å². The molecule has 0 amide bonds. The molecule has 0 radical (unpaired) electrons. The summed E-state index contributed by atoms with van der Waals surface area (Å²) in [6.07, 6.45) is 10.6. The van der Waals surface area contributed by atoms with E-state index in [4.69, 9.17) is 33.2 Å². The Labute approximate surface area is 254 Å². The second-order valence-electron chi connectivity index (χ2n) is 10.8. The number of fused-ring (bicyclic) bond motifs is 1. The Balaban J connectivity index is 1.28. The van der Waals surface area contributed by atoms with Crippen LogP contribution in [0.2, 0.25) is 10.0 Å². The van der Waals surface area contributed by atoms with Crippen molar-refractivity contribution in [2.75, 3.05) is 58.2 Å². The summed E-state index contributed by atoms with van der Waals surface area (Å²) in [6, 6.07) is 16.6. The van der Waals surface area contributed by atoms with Gasteiger partial charge < -0.3 is 10.2 Å². The summed E-state index contributed by atoms with van der Waals surface area (Å²) in [5.74, 6) is 1.81. The van der Waals surface area contributed by atoms with E-state index < -0.39 is 0 Å². The van der Waals surface area contributed by atoms with Crippen LogP contribution in [0.25, 0.3) is 12.2 Å². The highest BCUT2D eigenvalue weighted by Crippen LogP contribution is 2.31. The van der Waals surface area contributed by atoms with Gasteiger partial charge in [-0.1, -0.05) is 72.6 Å². The molecule has 1 aliphatic heterocycles. The van der Waals surface area contributed by atoms with Gasteiger partial charge in [-0.3, -0.25) is 9.80 Å². The van der Waals surface area contributed by atoms with Crippen molar-refractivity contribution in [1.82, 2.24) is 24.7 Å². The van der Waals surface area contributed by atoms with Crippen molar-refractivity contribution in [3.8, 4) is 0 Å². The molecular weight excluding hydrogens is 551 g/mol. The van der Waals surface area contributed by atoms with E-state index >= 15 is 0 Å². The van der Waals surface area contributed by atoms with Crippen molar-refractivity contribution in [3.63, 3.8) is 0 Å². The van der Waals surface area contributed by atoms with Crippen molar-refractivity contribution in [2.24, 2.45) is 0 Å². The molecule has 2 aliphatic rings. The van der Waals surface area contributed by atoms with Crippen LogP contribution in [0.3, 0.4) is 0 Å². The second-order valence-corrected chi connectivity index (χ2v) is 11.7. The van der Waals surface area contributed by atoms with Gasteiger partial charge in [0.25, 0.3) is 0 Å². The van der Waals surface area contributed by atoms with Crippen LogP contribution in [-0.4, -0.2) is 77.5 Å². The van der Waals surface area contributed by atoms with Crippen molar-refractivity contribution in [1.29, 1.82) is 0 Å². The molecular formula is C33H40Cl2N6. The third-order valence-electron chi connectivity index (χ3n) is 7.91. The molecule has 1 saturated heterocycles. The van der Waals surface area contributed by atoms with E-state index in [1.54, 1.807) is 0 Å². The minimum atomic E-state index is 0.148. The molecule has 0 saturated carbocycles. The molecule has 0 bridgehead atoms. The SMILES string of the molecule is CCN(C)CCCNc1nc(CN2CCN(C(c3ccc(Cl)cc3)c3ccc(Cl)cc3)CC2)nc2c1C=CCC=C2. The van der Waals surface area contributed by atoms with Gasteiger partial charge >= 0.3 is 0 Å². The maximum Gasteiger partial charge on any atom is 0.145 e. The highest BCUT2D eigenvalue weighted by atomic mass is 35.5. The number of anilines is 1. The van der Waals surface area contributed by atoms with Crippen LogP contribution in [0.4, 0.5) is 5.82 Å². The molecule has 5 rings (SSSR count). The zero-order chi connectivity index (χ0) is 28.6. The number of benzene rings is 2. The van der Waals surface area contributed by atoms with Gasteiger partial charge in [0, 0.05) is 48.3 Å². The number of nitrogens with zero attached hydrogens (tertiary/aromatic N) is 5. The van der Waals surface area contributed by atoms with Crippen molar-refractivity contribution in [2.45, 2.75) is 32.4 Å². The van der Waals surface area contributed by atoms with E-state index in [2.05, 4.69) is 82.6 Å². The quantitative estimate of drug-likeness (QED) is 0.246. The fraction of sp³-hybridized carbons (Fsp3) is 0.394. The molecule has 41 heavy (non-hydrogen) atoms. The van der Waals surface area contributed by atoms with Crippen LogP contribution in [-0.2, 0) is 6.54 Å². The number of nitrogens with one attached hydrogen (secondary N) is 1. The minimum absolute atomic E-state index is 0.148. The molecule has 2 heterocycles. The number of halogens is 2. The largest absolute Gasteiger partial charge is 0.369 e. The van der Waals surface area contributed by atoms with E-state index in [0.717, 1.165) is 98.1 Å². The zero-order valence-electron chi connectivity index (χ0n) is 24.1. The molecule has 216 valence electrons. The Morgan fingerprint density at radius 2 is 1.51 bits per heavy atom. The predicted octanol–water partition coefficient (Wildman–Crippen LogP) is 6.87. The third-order valence-corrected chi connectivity index (χ3v) is 8.42. The Morgan fingerprint density at radius 3 is 2.15 bits per heavy atom. The lowest BCUT2D eigenvalue weighted by Crippen LogP contribution is -2.47. The standard InChI is InChI=1S/C33H40Cl2N6/c1-3-39(2)19-7-18-36-33-29-8-5-4-6-9-30(29)37-31(38-33)24-40-20-22-41(23-21-40)32(25-10-14-27(34)15-11-25)26-12-16-28(35)17-13-26/h5-6,8-17,32H,3-4,7,18-24H2,1-2H3,(H,36,37,38).